The Morgan fingerprint density at radius 1 is 1.22 bits per heavy atom. The summed E-state index contributed by atoms with van der Waals surface area (Å²) in [4.78, 5) is 8.93. The molecule has 0 bridgehead atoms. The molecule has 1 aromatic rings. The fourth-order valence-electron chi connectivity index (χ4n) is 1.80. The molecule has 0 aromatic carbocycles. The van der Waals surface area contributed by atoms with Gasteiger partial charge in [-0.15, -0.1) is 0 Å². The summed E-state index contributed by atoms with van der Waals surface area (Å²) >= 11 is 1.57. The van der Waals surface area contributed by atoms with Crippen molar-refractivity contribution in [1.29, 1.82) is 0 Å². The number of hydrogen-bond donors (Lipinski definition) is 2. The quantitative estimate of drug-likeness (QED) is 0.557. The molecule has 0 amide bonds. The molecule has 0 aliphatic rings. The normalized spacial score (nSPS) is 12.2. The van der Waals surface area contributed by atoms with Crippen LogP contribution < -0.4 is 10.6 Å². The Bertz CT molecular complexity index is 357. The first kappa shape index (κ1) is 15.1. The number of rotatable bonds is 8. The number of nitrogens with zero attached hydrogens (tertiary/aromatic N) is 2. The van der Waals surface area contributed by atoms with Gasteiger partial charge in [-0.25, -0.2) is 9.97 Å². The number of thioether (sulfide) groups is 1. The van der Waals surface area contributed by atoms with E-state index in [2.05, 4.69) is 41.4 Å². The largest absolute Gasteiger partial charge is 0.370 e. The number of nitrogens with one attached hydrogen (secondary N) is 2. The first-order valence-electron chi connectivity index (χ1n) is 6.66. The highest BCUT2D eigenvalue weighted by atomic mass is 32.2. The Balaban J connectivity index is 2.82. The smallest absolute Gasteiger partial charge is 0.191 e. The average Bonchev–Trinajstić information content (AvgIpc) is 2.38. The van der Waals surface area contributed by atoms with E-state index < -0.39 is 0 Å². The van der Waals surface area contributed by atoms with Gasteiger partial charge in [0.25, 0.3) is 0 Å². The Morgan fingerprint density at radius 3 is 2.50 bits per heavy atom. The van der Waals surface area contributed by atoms with Crippen molar-refractivity contribution >= 4 is 23.4 Å². The first-order chi connectivity index (χ1) is 8.73. The number of anilines is 2. The zero-order valence-corrected chi connectivity index (χ0v) is 12.6. The fraction of sp³-hybridized carbons (Fsp3) is 0.692. The highest BCUT2D eigenvalue weighted by Crippen LogP contribution is 2.19. The van der Waals surface area contributed by atoms with E-state index in [9.17, 15) is 0 Å². The van der Waals surface area contributed by atoms with Crippen LogP contribution in [-0.2, 0) is 0 Å². The second-order valence-electron chi connectivity index (χ2n) is 4.19. The Labute approximate surface area is 114 Å². The minimum absolute atomic E-state index is 0.495. The second kappa shape index (κ2) is 8.19. The summed E-state index contributed by atoms with van der Waals surface area (Å²) in [6.07, 6.45) is 5.47. The minimum Gasteiger partial charge on any atom is -0.370 e. The highest BCUT2D eigenvalue weighted by Gasteiger charge is 2.08. The van der Waals surface area contributed by atoms with Crippen molar-refractivity contribution in [3.05, 3.63) is 6.07 Å². The third-order valence-corrected chi connectivity index (χ3v) is 3.28. The van der Waals surface area contributed by atoms with Crippen molar-refractivity contribution in [3.63, 3.8) is 0 Å². The summed E-state index contributed by atoms with van der Waals surface area (Å²) in [5, 5.41) is 7.55. The topological polar surface area (TPSA) is 49.8 Å². The van der Waals surface area contributed by atoms with Crippen molar-refractivity contribution in [2.45, 2.75) is 51.2 Å². The Kier molecular flexibility index (Phi) is 6.86. The Hall–Kier alpha value is -0.970. The van der Waals surface area contributed by atoms with Gasteiger partial charge < -0.3 is 10.6 Å². The average molecular weight is 268 g/mol. The van der Waals surface area contributed by atoms with Gasteiger partial charge in [-0.3, -0.25) is 0 Å². The molecule has 1 heterocycles. The van der Waals surface area contributed by atoms with Crippen LogP contribution in [0.4, 0.5) is 11.6 Å². The van der Waals surface area contributed by atoms with Crippen LogP contribution >= 0.6 is 11.8 Å². The van der Waals surface area contributed by atoms with E-state index in [1.54, 1.807) is 11.8 Å². The van der Waals surface area contributed by atoms with Crippen molar-refractivity contribution in [2.75, 3.05) is 23.4 Å². The van der Waals surface area contributed by atoms with Crippen LogP contribution in [0, 0.1) is 0 Å². The van der Waals surface area contributed by atoms with Gasteiger partial charge in [0.05, 0.1) is 0 Å². The van der Waals surface area contributed by atoms with Gasteiger partial charge in [0, 0.05) is 18.7 Å². The second-order valence-corrected chi connectivity index (χ2v) is 4.97. The minimum atomic E-state index is 0.495. The predicted molar refractivity (Wildman–Crippen MR) is 80.6 cm³/mol. The molecule has 0 aliphatic carbocycles. The standard InChI is InChI=1S/C13H24N4S/c1-5-8-10(6-2)15-12-9-11(14-7-3)16-13(17-12)18-4/h9-10H,5-8H2,1-4H3,(H2,14,15,16,17). The molecule has 5 heteroatoms. The molecule has 0 aliphatic heterocycles. The molecule has 18 heavy (non-hydrogen) atoms. The number of aromatic nitrogens is 2. The molecule has 1 aromatic heterocycles. The predicted octanol–water partition coefficient (Wildman–Crippen LogP) is 3.62. The monoisotopic (exact) mass is 268 g/mol. The molecular formula is C13H24N4S. The van der Waals surface area contributed by atoms with Gasteiger partial charge >= 0.3 is 0 Å². The fourth-order valence-corrected chi connectivity index (χ4v) is 2.18. The zero-order valence-electron chi connectivity index (χ0n) is 11.8. The van der Waals surface area contributed by atoms with E-state index in [4.69, 9.17) is 0 Å². The van der Waals surface area contributed by atoms with Gasteiger partial charge in [-0.2, -0.15) is 0 Å². The molecule has 0 spiro atoms. The van der Waals surface area contributed by atoms with Crippen LogP contribution in [0.2, 0.25) is 0 Å². The molecule has 0 radical (unpaired) electrons. The van der Waals surface area contributed by atoms with Crippen LogP contribution in [0.15, 0.2) is 11.2 Å². The Morgan fingerprint density at radius 2 is 1.94 bits per heavy atom. The van der Waals surface area contributed by atoms with Gasteiger partial charge in [0.2, 0.25) is 0 Å². The van der Waals surface area contributed by atoms with E-state index in [0.717, 1.165) is 29.8 Å². The van der Waals surface area contributed by atoms with Crippen LogP contribution in [0.3, 0.4) is 0 Å². The van der Waals surface area contributed by atoms with Crippen LogP contribution in [0.25, 0.3) is 0 Å². The van der Waals surface area contributed by atoms with E-state index >= 15 is 0 Å². The summed E-state index contributed by atoms with van der Waals surface area (Å²) in [6, 6.07) is 2.48. The maximum Gasteiger partial charge on any atom is 0.191 e. The van der Waals surface area contributed by atoms with Crippen LogP contribution in [0.1, 0.15) is 40.0 Å². The molecule has 2 N–H and O–H groups in total. The molecule has 1 atom stereocenters. The molecule has 1 rings (SSSR count). The molecule has 0 saturated carbocycles. The molecule has 1 unspecified atom stereocenters. The number of hydrogen-bond acceptors (Lipinski definition) is 5. The lowest BCUT2D eigenvalue weighted by Crippen LogP contribution is -2.19. The zero-order chi connectivity index (χ0) is 13.4. The third-order valence-electron chi connectivity index (χ3n) is 2.73. The van der Waals surface area contributed by atoms with Crippen molar-refractivity contribution in [1.82, 2.24) is 9.97 Å². The van der Waals surface area contributed by atoms with Crippen molar-refractivity contribution in [3.8, 4) is 0 Å². The maximum atomic E-state index is 4.50. The summed E-state index contributed by atoms with van der Waals surface area (Å²) in [5.41, 5.74) is 0. The molecular weight excluding hydrogens is 244 g/mol. The van der Waals surface area contributed by atoms with Gasteiger partial charge in [0.1, 0.15) is 11.6 Å². The van der Waals surface area contributed by atoms with E-state index in [1.807, 2.05) is 12.3 Å². The van der Waals surface area contributed by atoms with E-state index in [-0.39, 0.29) is 0 Å². The van der Waals surface area contributed by atoms with E-state index in [0.29, 0.717) is 6.04 Å². The lowest BCUT2D eigenvalue weighted by molar-refractivity contribution is 0.619. The summed E-state index contributed by atoms with van der Waals surface area (Å²) in [5.74, 6) is 1.82. The molecule has 4 nitrogen and oxygen atoms in total. The van der Waals surface area contributed by atoms with Gasteiger partial charge in [0.15, 0.2) is 5.16 Å². The molecule has 0 fully saturated rings. The van der Waals surface area contributed by atoms with Crippen molar-refractivity contribution < 1.29 is 0 Å². The first-order valence-corrected chi connectivity index (χ1v) is 7.89. The lowest BCUT2D eigenvalue weighted by Gasteiger charge is -2.17. The van der Waals surface area contributed by atoms with Crippen LogP contribution in [0.5, 0.6) is 0 Å². The van der Waals surface area contributed by atoms with Gasteiger partial charge in [-0.05, 0) is 26.0 Å². The summed E-state index contributed by atoms with van der Waals surface area (Å²) in [7, 11) is 0. The van der Waals surface area contributed by atoms with E-state index in [1.165, 1.54) is 12.8 Å². The molecule has 0 saturated heterocycles. The maximum absolute atomic E-state index is 4.50. The van der Waals surface area contributed by atoms with Crippen LogP contribution in [-0.4, -0.2) is 28.8 Å². The SMILES string of the molecule is CCCC(CC)Nc1cc(NCC)nc(SC)n1. The highest BCUT2D eigenvalue weighted by molar-refractivity contribution is 7.98. The third kappa shape index (κ3) is 4.72. The summed E-state index contributed by atoms with van der Waals surface area (Å²) < 4.78 is 0. The van der Waals surface area contributed by atoms with Gasteiger partial charge in [-0.1, -0.05) is 32.0 Å². The summed E-state index contributed by atoms with van der Waals surface area (Å²) in [6.45, 7) is 7.35. The molecule has 102 valence electrons. The van der Waals surface area contributed by atoms with Crippen molar-refractivity contribution in [2.24, 2.45) is 0 Å². The lowest BCUT2D eigenvalue weighted by atomic mass is 10.1.